The summed E-state index contributed by atoms with van der Waals surface area (Å²) < 4.78 is 10.4. The SMILES string of the molecule is COc1ccc(OC)c(NC(=O)/C(C#N)=C\Nc2cccc3ccccc23)c1. The van der Waals surface area contributed by atoms with Gasteiger partial charge in [-0.1, -0.05) is 36.4 Å². The lowest BCUT2D eigenvalue weighted by atomic mass is 10.1. The first-order valence-electron chi connectivity index (χ1n) is 8.54. The van der Waals surface area contributed by atoms with E-state index in [1.807, 2.05) is 48.5 Å². The van der Waals surface area contributed by atoms with Crippen LogP contribution < -0.4 is 20.1 Å². The minimum Gasteiger partial charge on any atom is -0.497 e. The van der Waals surface area contributed by atoms with E-state index in [4.69, 9.17) is 9.47 Å². The maximum atomic E-state index is 12.6. The second-order valence-electron chi connectivity index (χ2n) is 5.86. The summed E-state index contributed by atoms with van der Waals surface area (Å²) in [5.74, 6) is 0.475. The highest BCUT2D eigenvalue weighted by atomic mass is 16.5. The number of carbonyl (C=O) groups excluding carboxylic acids is 1. The monoisotopic (exact) mass is 373 g/mol. The van der Waals surface area contributed by atoms with E-state index in [0.717, 1.165) is 16.5 Å². The van der Waals surface area contributed by atoms with Crippen molar-refractivity contribution in [2.75, 3.05) is 24.9 Å². The number of hydrogen-bond acceptors (Lipinski definition) is 5. The molecule has 0 saturated heterocycles. The molecule has 3 rings (SSSR count). The fraction of sp³-hybridized carbons (Fsp3) is 0.0909. The molecular weight excluding hydrogens is 354 g/mol. The zero-order chi connectivity index (χ0) is 19.9. The molecule has 2 N–H and O–H groups in total. The predicted octanol–water partition coefficient (Wildman–Crippen LogP) is 4.32. The standard InChI is InChI=1S/C22H19N3O3/c1-27-17-10-11-21(28-2)20(12-17)25-22(26)16(13-23)14-24-19-9-5-7-15-6-3-4-8-18(15)19/h3-12,14,24H,1-2H3,(H,25,26)/b16-14-. The van der Waals surface area contributed by atoms with Gasteiger partial charge in [0.15, 0.2) is 0 Å². The molecule has 6 nitrogen and oxygen atoms in total. The van der Waals surface area contributed by atoms with Gasteiger partial charge in [-0.2, -0.15) is 5.26 Å². The minimum absolute atomic E-state index is 0.0715. The van der Waals surface area contributed by atoms with Crippen molar-refractivity contribution in [1.29, 1.82) is 5.26 Å². The van der Waals surface area contributed by atoms with Crippen LogP contribution in [0.3, 0.4) is 0 Å². The predicted molar refractivity (Wildman–Crippen MR) is 109 cm³/mol. The van der Waals surface area contributed by atoms with Crippen LogP contribution in [0.15, 0.2) is 72.4 Å². The van der Waals surface area contributed by atoms with Crippen LogP contribution >= 0.6 is 0 Å². The Bertz CT molecular complexity index is 1080. The molecule has 1 amide bonds. The number of nitrogens with zero attached hydrogens (tertiary/aromatic N) is 1. The van der Waals surface area contributed by atoms with Crippen molar-refractivity contribution >= 4 is 28.1 Å². The van der Waals surface area contributed by atoms with Gasteiger partial charge in [-0.3, -0.25) is 4.79 Å². The van der Waals surface area contributed by atoms with Crippen LogP contribution in [-0.2, 0) is 4.79 Å². The number of hydrogen-bond donors (Lipinski definition) is 2. The molecule has 6 heteroatoms. The molecule has 0 aliphatic heterocycles. The number of ether oxygens (including phenoxy) is 2. The number of methoxy groups -OCH3 is 2. The van der Waals surface area contributed by atoms with Gasteiger partial charge in [-0.15, -0.1) is 0 Å². The van der Waals surface area contributed by atoms with Gasteiger partial charge in [-0.25, -0.2) is 0 Å². The summed E-state index contributed by atoms with van der Waals surface area (Å²) >= 11 is 0. The van der Waals surface area contributed by atoms with Crippen molar-refractivity contribution in [2.45, 2.75) is 0 Å². The number of rotatable bonds is 6. The zero-order valence-corrected chi connectivity index (χ0v) is 15.5. The summed E-state index contributed by atoms with van der Waals surface area (Å²) in [4.78, 5) is 12.6. The molecule has 28 heavy (non-hydrogen) atoms. The second kappa shape index (κ2) is 8.60. The first kappa shape index (κ1) is 18.8. The van der Waals surface area contributed by atoms with Gasteiger partial charge >= 0.3 is 0 Å². The number of carbonyl (C=O) groups is 1. The van der Waals surface area contributed by atoms with Crippen LogP contribution in [0, 0.1) is 11.3 Å². The van der Waals surface area contributed by atoms with Crippen LogP contribution in [0.1, 0.15) is 0 Å². The van der Waals surface area contributed by atoms with Gasteiger partial charge < -0.3 is 20.1 Å². The van der Waals surface area contributed by atoms with Crippen LogP contribution in [-0.4, -0.2) is 20.1 Å². The van der Waals surface area contributed by atoms with Crippen molar-refractivity contribution in [3.8, 4) is 17.6 Å². The van der Waals surface area contributed by atoms with E-state index in [-0.39, 0.29) is 5.57 Å². The molecule has 0 radical (unpaired) electrons. The lowest BCUT2D eigenvalue weighted by Gasteiger charge is -2.11. The van der Waals surface area contributed by atoms with Gasteiger partial charge in [0.2, 0.25) is 0 Å². The molecule has 0 aliphatic carbocycles. The van der Waals surface area contributed by atoms with Crippen molar-refractivity contribution in [1.82, 2.24) is 0 Å². The summed E-state index contributed by atoms with van der Waals surface area (Å²) in [5.41, 5.74) is 1.15. The molecule has 0 atom stereocenters. The Balaban J connectivity index is 1.83. The largest absolute Gasteiger partial charge is 0.497 e. The molecule has 3 aromatic carbocycles. The smallest absolute Gasteiger partial charge is 0.267 e. The highest BCUT2D eigenvalue weighted by molar-refractivity contribution is 6.07. The summed E-state index contributed by atoms with van der Waals surface area (Å²) in [6, 6.07) is 20.6. The van der Waals surface area contributed by atoms with Gasteiger partial charge in [0, 0.05) is 23.3 Å². The first-order chi connectivity index (χ1) is 13.7. The fourth-order valence-electron chi connectivity index (χ4n) is 2.75. The molecule has 0 heterocycles. The summed E-state index contributed by atoms with van der Waals surface area (Å²) in [5, 5.41) is 17.2. The molecule has 3 aromatic rings. The average Bonchev–Trinajstić information content (AvgIpc) is 2.74. The highest BCUT2D eigenvalue weighted by Crippen LogP contribution is 2.29. The van der Waals surface area contributed by atoms with Crippen molar-refractivity contribution < 1.29 is 14.3 Å². The maximum Gasteiger partial charge on any atom is 0.267 e. The van der Waals surface area contributed by atoms with Crippen molar-refractivity contribution in [3.05, 3.63) is 72.4 Å². The number of fused-ring (bicyclic) bond motifs is 1. The normalized spacial score (nSPS) is 10.8. The van der Waals surface area contributed by atoms with E-state index in [9.17, 15) is 10.1 Å². The van der Waals surface area contributed by atoms with E-state index in [2.05, 4.69) is 10.6 Å². The molecule has 0 spiro atoms. The molecule has 140 valence electrons. The van der Waals surface area contributed by atoms with Crippen LogP contribution in [0.4, 0.5) is 11.4 Å². The third-order valence-corrected chi connectivity index (χ3v) is 4.18. The molecular formula is C22H19N3O3. The van der Waals surface area contributed by atoms with Crippen LogP contribution in [0.25, 0.3) is 10.8 Å². The number of amides is 1. The molecule has 0 bridgehead atoms. The summed E-state index contributed by atoms with van der Waals surface area (Å²) in [6.45, 7) is 0. The topological polar surface area (TPSA) is 83.4 Å². The Hall–Kier alpha value is -3.98. The number of benzene rings is 3. The maximum absolute atomic E-state index is 12.6. The number of anilines is 2. The molecule has 0 unspecified atom stereocenters. The van der Waals surface area contributed by atoms with Crippen LogP contribution in [0.2, 0.25) is 0 Å². The average molecular weight is 373 g/mol. The Morgan fingerprint density at radius 1 is 1.00 bits per heavy atom. The minimum atomic E-state index is -0.554. The zero-order valence-electron chi connectivity index (χ0n) is 15.5. The summed E-state index contributed by atoms with van der Waals surface area (Å²) in [7, 11) is 3.03. The second-order valence-corrected chi connectivity index (χ2v) is 5.86. The highest BCUT2D eigenvalue weighted by Gasteiger charge is 2.13. The van der Waals surface area contributed by atoms with Gasteiger partial charge in [-0.05, 0) is 23.6 Å². The lowest BCUT2D eigenvalue weighted by molar-refractivity contribution is -0.112. The lowest BCUT2D eigenvalue weighted by Crippen LogP contribution is -2.15. The van der Waals surface area contributed by atoms with Gasteiger partial charge in [0.1, 0.15) is 23.1 Å². The van der Waals surface area contributed by atoms with Crippen molar-refractivity contribution in [2.24, 2.45) is 0 Å². The van der Waals surface area contributed by atoms with E-state index in [1.54, 1.807) is 18.2 Å². The van der Waals surface area contributed by atoms with Gasteiger partial charge in [0.25, 0.3) is 5.91 Å². The Kier molecular flexibility index (Phi) is 5.78. The fourth-order valence-corrected chi connectivity index (χ4v) is 2.75. The molecule has 0 aromatic heterocycles. The Morgan fingerprint density at radius 2 is 1.79 bits per heavy atom. The number of nitrogens with one attached hydrogen (secondary N) is 2. The van der Waals surface area contributed by atoms with Gasteiger partial charge in [0.05, 0.1) is 19.9 Å². The van der Waals surface area contributed by atoms with E-state index in [0.29, 0.717) is 17.2 Å². The molecule has 0 saturated carbocycles. The van der Waals surface area contributed by atoms with E-state index >= 15 is 0 Å². The Labute approximate surface area is 163 Å². The molecule has 0 fully saturated rings. The van der Waals surface area contributed by atoms with E-state index in [1.165, 1.54) is 20.4 Å². The van der Waals surface area contributed by atoms with Crippen molar-refractivity contribution in [3.63, 3.8) is 0 Å². The Morgan fingerprint density at radius 3 is 2.54 bits per heavy atom. The first-order valence-corrected chi connectivity index (χ1v) is 8.54. The third-order valence-electron chi connectivity index (χ3n) is 4.18. The third kappa shape index (κ3) is 4.05. The number of nitriles is 1. The quantitative estimate of drug-likeness (QED) is 0.497. The molecule has 0 aliphatic rings. The summed E-state index contributed by atoms with van der Waals surface area (Å²) in [6.07, 6.45) is 1.39. The van der Waals surface area contributed by atoms with E-state index < -0.39 is 5.91 Å². The van der Waals surface area contributed by atoms with Crippen LogP contribution in [0.5, 0.6) is 11.5 Å².